The number of hydrogen-bond donors (Lipinski definition) is 1. The number of carbonyl (C=O) groups excluding carboxylic acids is 1. The number of benzene rings is 1. The molecule has 1 aliphatic heterocycles. The fourth-order valence-corrected chi connectivity index (χ4v) is 2.85. The van der Waals surface area contributed by atoms with E-state index in [0.717, 1.165) is 5.69 Å². The highest BCUT2D eigenvalue weighted by atomic mass is 32.2. The van der Waals surface area contributed by atoms with Crippen molar-refractivity contribution >= 4 is 39.9 Å². The predicted octanol–water partition coefficient (Wildman–Crippen LogP) is 2.53. The number of aryl methyl sites for hydroxylation is 2. The molecule has 1 amide bonds. The van der Waals surface area contributed by atoms with Crippen LogP contribution in [0, 0.1) is 13.8 Å². The monoisotopic (exact) mass is 266 g/mol. The summed E-state index contributed by atoms with van der Waals surface area (Å²) in [4.78, 5) is 13.2. The standard InChI is InChI=1S/C12H14N2OS2/c1-8-4-3-5-9(2)11(8)13-7-14-10(15)6-17-12(14)16/h3-5,13H,6-7H2,1-2H3. The number of rotatable bonds is 3. The van der Waals surface area contributed by atoms with E-state index in [4.69, 9.17) is 12.2 Å². The van der Waals surface area contributed by atoms with Crippen LogP contribution in [-0.4, -0.2) is 27.5 Å². The Bertz CT molecular complexity index is 437. The van der Waals surface area contributed by atoms with E-state index >= 15 is 0 Å². The molecule has 0 bridgehead atoms. The first kappa shape index (κ1) is 12.4. The number of amides is 1. The zero-order valence-corrected chi connectivity index (χ0v) is 11.5. The van der Waals surface area contributed by atoms with Crippen LogP contribution in [0.25, 0.3) is 0 Å². The Kier molecular flexibility index (Phi) is 3.69. The molecule has 1 fully saturated rings. The molecule has 5 heteroatoms. The number of nitrogens with zero attached hydrogens (tertiary/aromatic N) is 1. The summed E-state index contributed by atoms with van der Waals surface area (Å²) in [6.07, 6.45) is 0. The van der Waals surface area contributed by atoms with E-state index in [1.54, 1.807) is 4.90 Å². The molecule has 17 heavy (non-hydrogen) atoms. The van der Waals surface area contributed by atoms with Crippen molar-refractivity contribution in [2.75, 3.05) is 17.7 Å². The maximum Gasteiger partial charge on any atom is 0.239 e. The topological polar surface area (TPSA) is 32.3 Å². The van der Waals surface area contributed by atoms with Crippen LogP contribution in [0.4, 0.5) is 5.69 Å². The highest BCUT2D eigenvalue weighted by Gasteiger charge is 2.26. The third-order valence-electron chi connectivity index (χ3n) is 2.74. The quantitative estimate of drug-likeness (QED) is 0.852. The van der Waals surface area contributed by atoms with Crippen LogP contribution < -0.4 is 5.32 Å². The van der Waals surface area contributed by atoms with Crippen LogP contribution in [0.15, 0.2) is 18.2 Å². The maximum atomic E-state index is 11.6. The van der Waals surface area contributed by atoms with Crippen LogP contribution in [0.1, 0.15) is 11.1 Å². The Morgan fingerprint density at radius 3 is 2.59 bits per heavy atom. The van der Waals surface area contributed by atoms with Gasteiger partial charge in [-0.15, -0.1) is 0 Å². The number of nitrogens with one attached hydrogen (secondary N) is 1. The molecule has 1 N–H and O–H groups in total. The molecule has 0 spiro atoms. The molecule has 0 unspecified atom stereocenters. The van der Waals surface area contributed by atoms with Gasteiger partial charge in [-0.2, -0.15) is 0 Å². The van der Waals surface area contributed by atoms with Crippen molar-refractivity contribution in [3.8, 4) is 0 Å². The van der Waals surface area contributed by atoms with E-state index in [-0.39, 0.29) is 5.91 Å². The van der Waals surface area contributed by atoms with Gasteiger partial charge in [-0.1, -0.05) is 42.2 Å². The highest BCUT2D eigenvalue weighted by molar-refractivity contribution is 8.23. The van der Waals surface area contributed by atoms with Crippen molar-refractivity contribution in [2.45, 2.75) is 13.8 Å². The Balaban J connectivity index is 2.07. The minimum Gasteiger partial charge on any atom is -0.367 e. The number of para-hydroxylation sites is 1. The SMILES string of the molecule is Cc1cccc(C)c1NCN1C(=O)CSC1=S. The van der Waals surface area contributed by atoms with Gasteiger partial charge in [0.15, 0.2) is 0 Å². The molecule has 0 radical (unpaired) electrons. The normalized spacial score (nSPS) is 15.5. The third-order valence-corrected chi connectivity index (χ3v) is 4.17. The third kappa shape index (κ3) is 2.61. The molecule has 1 aliphatic rings. The summed E-state index contributed by atoms with van der Waals surface area (Å²) in [5, 5.41) is 3.29. The zero-order valence-electron chi connectivity index (χ0n) is 9.82. The molecular weight excluding hydrogens is 252 g/mol. The summed E-state index contributed by atoms with van der Waals surface area (Å²) in [5.74, 6) is 0.548. The molecule has 1 heterocycles. The molecule has 3 nitrogen and oxygen atoms in total. The smallest absolute Gasteiger partial charge is 0.239 e. The van der Waals surface area contributed by atoms with E-state index in [2.05, 4.69) is 5.32 Å². The van der Waals surface area contributed by atoms with Crippen molar-refractivity contribution in [3.05, 3.63) is 29.3 Å². The van der Waals surface area contributed by atoms with Gasteiger partial charge < -0.3 is 5.32 Å². The van der Waals surface area contributed by atoms with Crippen LogP contribution in [-0.2, 0) is 4.79 Å². The molecular formula is C12H14N2OS2. The van der Waals surface area contributed by atoms with Gasteiger partial charge in [-0.05, 0) is 25.0 Å². The van der Waals surface area contributed by atoms with Crippen LogP contribution in [0.5, 0.6) is 0 Å². The molecule has 1 saturated heterocycles. The van der Waals surface area contributed by atoms with Gasteiger partial charge in [0.25, 0.3) is 0 Å². The second kappa shape index (κ2) is 5.06. The van der Waals surface area contributed by atoms with Gasteiger partial charge in [-0.3, -0.25) is 9.69 Å². The summed E-state index contributed by atoms with van der Waals surface area (Å²) in [6.45, 7) is 4.55. The van der Waals surface area contributed by atoms with E-state index < -0.39 is 0 Å². The Morgan fingerprint density at radius 1 is 1.41 bits per heavy atom. The number of anilines is 1. The van der Waals surface area contributed by atoms with Gasteiger partial charge in [0.2, 0.25) is 5.91 Å². The molecule has 1 aromatic rings. The van der Waals surface area contributed by atoms with Crippen LogP contribution in [0.3, 0.4) is 0 Å². The average molecular weight is 266 g/mol. The molecule has 90 valence electrons. The largest absolute Gasteiger partial charge is 0.367 e. The minimum absolute atomic E-state index is 0.0822. The number of hydrogen-bond acceptors (Lipinski definition) is 4. The number of thioether (sulfide) groups is 1. The molecule has 1 aromatic carbocycles. The Labute approximate surface area is 111 Å². The van der Waals surface area contributed by atoms with Crippen molar-refractivity contribution in [2.24, 2.45) is 0 Å². The summed E-state index contributed by atoms with van der Waals surface area (Å²) in [6, 6.07) is 6.12. The van der Waals surface area contributed by atoms with E-state index in [0.29, 0.717) is 16.7 Å². The molecule has 0 saturated carbocycles. The Morgan fingerprint density at radius 2 is 2.06 bits per heavy atom. The lowest BCUT2D eigenvalue weighted by Gasteiger charge is -2.19. The van der Waals surface area contributed by atoms with Crippen molar-refractivity contribution in [1.29, 1.82) is 0 Å². The van der Waals surface area contributed by atoms with E-state index in [1.165, 1.54) is 22.9 Å². The lowest BCUT2D eigenvalue weighted by Crippen LogP contribution is -2.33. The number of carbonyl (C=O) groups is 1. The predicted molar refractivity (Wildman–Crippen MR) is 76.3 cm³/mol. The summed E-state index contributed by atoms with van der Waals surface area (Å²) >= 11 is 6.55. The second-order valence-corrected chi connectivity index (χ2v) is 5.59. The van der Waals surface area contributed by atoms with Gasteiger partial charge in [-0.25, -0.2) is 0 Å². The summed E-state index contributed by atoms with van der Waals surface area (Å²) < 4.78 is 0.661. The first-order valence-electron chi connectivity index (χ1n) is 5.37. The summed E-state index contributed by atoms with van der Waals surface area (Å²) in [5.41, 5.74) is 3.44. The maximum absolute atomic E-state index is 11.6. The van der Waals surface area contributed by atoms with E-state index in [9.17, 15) is 4.79 Å². The number of thiocarbonyl (C=S) groups is 1. The lowest BCUT2D eigenvalue weighted by molar-refractivity contribution is -0.123. The molecule has 0 atom stereocenters. The minimum atomic E-state index is 0.0822. The fraction of sp³-hybridized carbons (Fsp3) is 0.333. The van der Waals surface area contributed by atoms with Crippen LogP contribution in [0.2, 0.25) is 0 Å². The molecule has 2 rings (SSSR count). The van der Waals surface area contributed by atoms with Gasteiger partial charge in [0, 0.05) is 5.69 Å². The van der Waals surface area contributed by atoms with Gasteiger partial charge in [0.05, 0.1) is 12.4 Å². The van der Waals surface area contributed by atoms with Gasteiger partial charge in [0.1, 0.15) is 4.32 Å². The molecule has 0 aliphatic carbocycles. The first-order valence-corrected chi connectivity index (χ1v) is 6.76. The van der Waals surface area contributed by atoms with E-state index in [1.807, 2.05) is 32.0 Å². The van der Waals surface area contributed by atoms with Crippen molar-refractivity contribution in [1.82, 2.24) is 4.90 Å². The second-order valence-electron chi connectivity index (χ2n) is 3.98. The lowest BCUT2D eigenvalue weighted by atomic mass is 10.1. The summed E-state index contributed by atoms with van der Waals surface area (Å²) in [7, 11) is 0. The van der Waals surface area contributed by atoms with Crippen molar-refractivity contribution < 1.29 is 4.79 Å². The van der Waals surface area contributed by atoms with Gasteiger partial charge >= 0.3 is 0 Å². The average Bonchev–Trinajstić information content (AvgIpc) is 2.59. The van der Waals surface area contributed by atoms with Crippen LogP contribution >= 0.6 is 24.0 Å². The first-order chi connectivity index (χ1) is 8.09. The fourth-order valence-electron chi connectivity index (χ4n) is 1.79. The highest BCUT2D eigenvalue weighted by Crippen LogP contribution is 2.22. The molecule has 0 aromatic heterocycles. The Hall–Kier alpha value is -1.07. The van der Waals surface area contributed by atoms with Crippen molar-refractivity contribution in [3.63, 3.8) is 0 Å². The zero-order chi connectivity index (χ0) is 12.4.